The van der Waals surface area contributed by atoms with Gasteiger partial charge in [0.2, 0.25) is 5.91 Å². The first-order valence-corrected chi connectivity index (χ1v) is 8.67. The summed E-state index contributed by atoms with van der Waals surface area (Å²) in [5, 5.41) is 8.19. The van der Waals surface area contributed by atoms with E-state index in [0.29, 0.717) is 6.54 Å². The van der Waals surface area contributed by atoms with E-state index in [1.165, 1.54) is 11.5 Å². The lowest BCUT2D eigenvalue weighted by Gasteiger charge is -2.20. The van der Waals surface area contributed by atoms with Crippen LogP contribution in [0.25, 0.3) is 10.1 Å². The van der Waals surface area contributed by atoms with Gasteiger partial charge >= 0.3 is 0 Å². The molecule has 3 rings (SSSR count). The van der Waals surface area contributed by atoms with Crippen molar-refractivity contribution < 1.29 is 4.79 Å². The Balaban J connectivity index is 1.80. The minimum Gasteiger partial charge on any atom is -0.325 e. The molecule has 0 aliphatic heterocycles. The number of amides is 1. The Morgan fingerprint density at radius 1 is 1.36 bits per heavy atom. The van der Waals surface area contributed by atoms with Crippen LogP contribution in [0.1, 0.15) is 11.5 Å². The second kappa shape index (κ2) is 6.56. The van der Waals surface area contributed by atoms with Gasteiger partial charge in [0.15, 0.2) is 0 Å². The Hall–Kier alpha value is -1.76. The molecule has 0 fully saturated rings. The molecule has 1 amide bonds. The maximum Gasteiger partial charge on any atom is 0.233 e. The van der Waals surface area contributed by atoms with Crippen molar-refractivity contribution in [2.75, 3.05) is 26.0 Å². The Labute approximate surface area is 137 Å². The van der Waals surface area contributed by atoms with Crippen LogP contribution in [-0.2, 0) is 4.79 Å². The lowest BCUT2D eigenvalue weighted by Crippen LogP contribution is -2.30. The number of hydrogen-bond acceptors (Lipinski definition) is 5. The quantitative estimate of drug-likeness (QED) is 0.776. The average molecular weight is 331 g/mol. The van der Waals surface area contributed by atoms with Crippen molar-refractivity contribution in [1.29, 1.82) is 0 Å². The molecule has 1 unspecified atom stereocenters. The van der Waals surface area contributed by atoms with Gasteiger partial charge in [-0.1, -0.05) is 0 Å². The zero-order valence-electron chi connectivity index (χ0n) is 12.4. The van der Waals surface area contributed by atoms with E-state index in [4.69, 9.17) is 0 Å². The molecule has 2 heterocycles. The molecule has 0 spiro atoms. The van der Waals surface area contributed by atoms with Crippen LogP contribution < -0.4 is 5.32 Å². The Morgan fingerprint density at radius 2 is 2.23 bits per heavy atom. The van der Waals surface area contributed by atoms with Gasteiger partial charge in [0.1, 0.15) is 0 Å². The lowest BCUT2D eigenvalue weighted by molar-refractivity contribution is -0.117. The molecule has 0 saturated heterocycles. The monoisotopic (exact) mass is 331 g/mol. The minimum atomic E-state index is -0.168. The van der Waals surface area contributed by atoms with Gasteiger partial charge in [0.05, 0.1) is 10.6 Å². The number of carbonyl (C=O) groups excluding carboxylic acids is 1. The summed E-state index contributed by atoms with van der Waals surface area (Å²) in [5.74, 6) is -0.144. The van der Waals surface area contributed by atoms with Gasteiger partial charge in [-0.2, -0.15) is 15.7 Å². The van der Waals surface area contributed by atoms with Crippen LogP contribution >= 0.6 is 22.9 Å². The summed E-state index contributed by atoms with van der Waals surface area (Å²) in [5.41, 5.74) is 1.89. The summed E-state index contributed by atoms with van der Waals surface area (Å²) >= 11 is 3.05. The standard InChI is InChI=1S/C16H17N3OS2/c1-19(2)9-14(12-5-6-21-10-12)16(20)18-13-4-3-11-8-17-22-15(11)7-13/h3-8,10,14H,9H2,1-2H3,(H,18,20). The maximum absolute atomic E-state index is 12.7. The predicted octanol–water partition coefficient (Wildman–Crippen LogP) is 3.64. The minimum absolute atomic E-state index is 0.0240. The number of carbonyl (C=O) groups is 1. The smallest absolute Gasteiger partial charge is 0.233 e. The number of likely N-dealkylation sites (N-methyl/N-ethyl adjacent to an activating group) is 1. The normalized spacial score (nSPS) is 12.7. The molecule has 0 aliphatic carbocycles. The summed E-state index contributed by atoms with van der Waals surface area (Å²) in [7, 11) is 3.96. The third-order valence-corrected chi connectivity index (χ3v) is 4.90. The third-order valence-electron chi connectivity index (χ3n) is 3.43. The molecule has 1 N–H and O–H groups in total. The number of benzene rings is 1. The fourth-order valence-corrected chi connectivity index (χ4v) is 3.75. The molecule has 6 heteroatoms. The van der Waals surface area contributed by atoms with Gasteiger partial charge in [0.25, 0.3) is 0 Å². The van der Waals surface area contributed by atoms with Crippen molar-refractivity contribution in [3.63, 3.8) is 0 Å². The van der Waals surface area contributed by atoms with E-state index in [1.807, 2.05) is 60.2 Å². The molecule has 22 heavy (non-hydrogen) atoms. The number of aromatic nitrogens is 1. The number of anilines is 1. The van der Waals surface area contributed by atoms with Crippen LogP contribution in [0.2, 0.25) is 0 Å². The van der Waals surface area contributed by atoms with Crippen LogP contribution in [0.4, 0.5) is 5.69 Å². The van der Waals surface area contributed by atoms with E-state index in [0.717, 1.165) is 21.3 Å². The Bertz CT molecular complexity index is 765. The number of fused-ring (bicyclic) bond motifs is 1. The predicted molar refractivity (Wildman–Crippen MR) is 93.9 cm³/mol. The first-order valence-electron chi connectivity index (χ1n) is 6.95. The van der Waals surface area contributed by atoms with E-state index in [-0.39, 0.29) is 11.8 Å². The number of thiophene rings is 1. The molecule has 0 saturated carbocycles. The topological polar surface area (TPSA) is 45.2 Å². The summed E-state index contributed by atoms with van der Waals surface area (Å²) in [6, 6.07) is 7.91. The number of hydrogen-bond donors (Lipinski definition) is 1. The summed E-state index contributed by atoms with van der Waals surface area (Å²) < 4.78 is 5.24. The largest absolute Gasteiger partial charge is 0.325 e. The van der Waals surface area contributed by atoms with Crippen molar-refractivity contribution >= 4 is 44.5 Å². The Morgan fingerprint density at radius 3 is 2.95 bits per heavy atom. The molecular formula is C16H17N3OS2. The van der Waals surface area contributed by atoms with E-state index >= 15 is 0 Å². The van der Waals surface area contributed by atoms with E-state index in [2.05, 4.69) is 9.69 Å². The van der Waals surface area contributed by atoms with Gasteiger partial charge in [-0.05, 0) is 66.2 Å². The van der Waals surface area contributed by atoms with Gasteiger partial charge in [-0.25, -0.2) is 0 Å². The van der Waals surface area contributed by atoms with E-state index in [1.54, 1.807) is 11.3 Å². The Kier molecular flexibility index (Phi) is 4.52. The van der Waals surface area contributed by atoms with Gasteiger partial charge in [-0.3, -0.25) is 4.79 Å². The molecule has 0 aliphatic rings. The van der Waals surface area contributed by atoms with Crippen LogP contribution in [0.3, 0.4) is 0 Å². The molecule has 0 radical (unpaired) electrons. The van der Waals surface area contributed by atoms with Gasteiger partial charge < -0.3 is 10.2 Å². The maximum atomic E-state index is 12.7. The summed E-state index contributed by atoms with van der Waals surface area (Å²) in [6.45, 7) is 0.686. The van der Waals surface area contributed by atoms with Crippen LogP contribution in [0.15, 0.2) is 41.2 Å². The number of nitrogens with zero attached hydrogens (tertiary/aromatic N) is 2. The second-order valence-electron chi connectivity index (χ2n) is 5.44. The first kappa shape index (κ1) is 15.1. The lowest BCUT2D eigenvalue weighted by atomic mass is 10.0. The highest BCUT2D eigenvalue weighted by molar-refractivity contribution is 7.13. The van der Waals surface area contributed by atoms with Crippen molar-refractivity contribution in [3.8, 4) is 0 Å². The molecular weight excluding hydrogens is 314 g/mol. The summed E-state index contributed by atoms with van der Waals surface area (Å²) in [6.07, 6.45) is 1.84. The van der Waals surface area contributed by atoms with Crippen LogP contribution in [-0.4, -0.2) is 35.8 Å². The molecule has 4 nitrogen and oxygen atoms in total. The van der Waals surface area contributed by atoms with Crippen molar-refractivity contribution in [2.24, 2.45) is 0 Å². The third kappa shape index (κ3) is 3.35. The highest BCUT2D eigenvalue weighted by Crippen LogP contribution is 2.25. The molecule has 3 aromatic rings. The number of nitrogens with one attached hydrogen (secondary N) is 1. The van der Waals surface area contributed by atoms with Crippen molar-refractivity contribution in [2.45, 2.75) is 5.92 Å². The fourth-order valence-electron chi connectivity index (χ4n) is 2.35. The summed E-state index contributed by atoms with van der Waals surface area (Å²) in [4.78, 5) is 14.7. The fraction of sp³-hybridized carbons (Fsp3) is 0.250. The zero-order valence-corrected chi connectivity index (χ0v) is 14.1. The molecule has 0 bridgehead atoms. The number of rotatable bonds is 5. The van der Waals surface area contributed by atoms with Crippen molar-refractivity contribution in [3.05, 3.63) is 46.8 Å². The highest BCUT2D eigenvalue weighted by atomic mass is 32.1. The molecule has 2 aromatic heterocycles. The van der Waals surface area contributed by atoms with E-state index in [9.17, 15) is 4.79 Å². The van der Waals surface area contributed by atoms with E-state index < -0.39 is 0 Å². The molecule has 114 valence electrons. The van der Waals surface area contributed by atoms with Crippen molar-refractivity contribution in [1.82, 2.24) is 9.27 Å². The second-order valence-corrected chi connectivity index (χ2v) is 7.05. The van der Waals surface area contributed by atoms with Crippen LogP contribution in [0.5, 0.6) is 0 Å². The molecule has 1 aromatic carbocycles. The molecule has 1 atom stereocenters. The van der Waals surface area contributed by atoms with Crippen LogP contribution in [0, 0.1) is 0 Å². The van der Waals surface area contributed by atoms with Gasteiger partial charge in [-0.15, -0.1) is 0 Å². The average Bonchev–Trinajstić information content (AvgIpc) is 3.15. The highest BCUT2D eigenvalue weighted by Gasteiger charge is 2.22. The first-order chi connectivity index (χ1) is 10.6. The van der Waals surface area contributed by atoms with Gasteiger partial charge in [0, 0.05) is 23.8 Å². The SMILES string of the molecule is CN(C)CC(C(=O)Nc1ccc2cnsc2c1)c1ccsc1. The zero-order chi connectivity index (χ0) is 15.5.